The van der Waals surface area contributed by atoms with Crippen molar-refractivity contribution in [1.82, 2.24) is 4.98 Å². The van der Waals surface area contributed by atoms with Crippen molar-refractivity contribution in [2.75, 3.05) is 5.32 Å². The Morgan fingerprint density at radius 1 is 1.17 bits per heavy atom. The van der Waals surface area contributed by atoms with E-state index in [9.17, 15) is 0 Å². The van der Waals surface area contributed by atoms with Gasteiger partial charge in [0.2, 0.25) is 0 Å². The third-order valence-corrected chi connectivity index (χ3v) is 2.95. The Hall–Kier alpha value is -2.34. The fourth-order valence-corrected chi connectivity index (χ4v) is 1.85. The molecular formula is C15H15N3. The second-order valence-corrected chi connectivity index (χ2v) is 4.23. The van der Waals surface area contributed by atoms with Crippen LogP contribution in [0.3, 0.4) is 0 Å². The molecule has 0 saturated heterocycles. The first-order chi connectivity index (χ1) is 8.72. The molecule has 3 nitrogen and oxygen atoms in total. The second-order valence-electron chi connectivity index (χ2n) is 4.23. The van der Waals surface area contributed by atoms with Crippen LogP contribution in [0.15, 0.2) is 36.5 Å². The molecule has 0 aliphatic carbocycles. The van der Waals surface area contributed by atoms with E-state index in [0.717, 1.165) is 22.5 Å². The molecule has 1 N–H and O–H groups in total. The summed E-state index contributed by atoms with van der Waals surface area (Å²) in [6, 6.07) is 12.0. The van der Waals surface area contributed by atoms with Crippen LogP contribution < -0.4 is 5.32 Å². The molecule has 0 unspecified atom stereocenters. The standard InChI is InChI=1S/C15H15N3/c1-11-5-3-7-14(13(11)9-16)18-10-15-12(2)6-4-8-17-15/h3-8,18H,10H2,1-2H3. The van der Waals surface area contributed by atoms with E-state index < -0.39 is 0 Å². The molecule has 18 heavy (non-hydrogen) atoms. The van der Waals surface area contributed by atoms with Crippen molar-refractivity contribution in [3.63, 3.8) is 0 Å². The van der Waals surface area contributed by atoms with Gasteiger partial charge in [-0.25, -0.2) is 0 Å². The zero-order valence-corrected chi connectivity index (χ0v) is 10.6. The van der Waals surface area contributed by atoms with Gasteiger partial charge in [-0.2, -0.15) is 5.26 Å². The molecule has 90 valence electrons. The van der Waals surface area contributed by atoms with E-state index in [-0.39, 0.29) is 0 Å². The van der Waals surface area contributed by atoms with Crippen LogP contribution in [-0.4, -0.2) is 4.98 Å². The Morgan fingerprint density at radius 2 is 1.94 bits per heavy atom. The maximum absolute atomic E-state index is 9.15. The van der Waals surface area contributed by atoms with E-state index in [2.05, 4.69) is 16.4 Å². The molecule has 1 aromatic carbocycles. The van der Waals surface area contributed by atoms with Gasteiger partial charge in [-0.05, 0) is 37.1 Å². The van der Waals surface area contributed by atoms with Gasteiger partial charge in [0.15, 0.2) is 0 Å². The molecular weight excluding hydrogens is 222 g/mol. The van der Waals surface area contributed by atoms with E-state index in [0.29, 0.717) is 12.1 Å². The summed E-state index contributed by atoms with van der Waals surface area (Å²) in [5, 5.41) is 12.4. The molecule has 0 spiro atoms. The third-order valence-electron chi connectivity index (χ3n) is 2.95. The molecule has 0 aliphatic rings. The van der Waals surface area contributed by atoms with Crippen LogP contribution in [0.25, 0.3) is 0 Å². The van der Waals surface area contributed by atoms with Crippen molar-refractivity contribution in [2.45, 2.75) is 20.4 Å². The molecule has 1 aromatic heterocycles. The van der Waals surface area contributed by atoms with Crippen molar-refractivity contribution in [3.8, 4) is 6.07 Å². The maximum Gasteiger partial charge on any atom is 0.102 e. The highest BCUT2D eigenvalue weighted by atomic mass is 14.9. The lowest BCUT2D eigenvalue weighted by molar-refractivity contribution is 1.02. The summed E-state index contributed by atoms with van der Waals surface area (Å²) < 4.78 is 0. The zero-order valence-electron chi connectivity index (χ0n) is 10.6. The quantitative estimate of drug-likeness (QED) is 0.891. The molecule has 2 aromatic rings. The normalized spacial score (nSPS) is 9.83. The van der Waals surface area contributed by atoms with Crippen molar-refractivity contribution in [2.24, 2.45) is 0 Å². The number of pyridine rings is 1. The minimum Gasteiger partial charge on any atom is -0.378 e. The van der Waals surface area contributed by atoms with E-state index >= 15 is 0 Å². The van der Waals surface area contributed by atoms with Gasteiger partial charge in [-0.3, -0.25) is 4.98 Å². The fraction of sp³-hybridized carbons (Fsp3) is 0.200. The van der Waals surface area contributed by atoms with Gasteiger partial charge in [-0.15, -0.1) is 0 Å². The largest absolute Gasteiger partial charge is 0.378 e. The molecule has 0 aliphatic heterocycles. The lowest BCUT2D eigenvalue weighted by Crippen LogP contribution is -2.05. The summed E-state index contributed by atoms with van der Waals surface area (Å²) >= 11 is 0. The van der Waals surface area contributed by atoms with E-state index in [4.69, 9.17) is 5.26 Å². The Kier molecular flexibility index (Phi) is 3.59. The number of nitrogens with one attached hydrogen (secondary N) is 1. The smallest absolute Gasteiger partial charge is 0.102 e. The van der Waals surface area contributed by atoms with Crippen LogP contribution in [0, 0.1) is 25.2 Å². The van der Waals surface area contributed by atoms with Gasteiger partial charge in [0, 0.05) is 6.20 Å². The minimum absolute atomic E-state index is 0.630. The summed E-state index contributed by atoms with van der Waals surface area (Å²) in [4.78, 5) is 4.33. The van der Waals surface area contributed by atoms with Crippen LogP contribution in [0.5, 0.6) is 0 Å². The van der Waals surface area contributed by atoms with Crippen LogP contribution in [-0.2, 0) is 6.54 Å². The lowest BCUT2D eigenvalue weighted by Gasteiger charge is -2.10. The van der Waals surface area contributed by atoms with Gasteiger partial charge in [0.25, 0.3) is 0 Å². The third kappa shape index (κ3) is 2.49. The molecule has 0 atom stereocenters. The van der Waals surface area contributed by atoms with Crippen molar-refractivity contribution < 1.29 is 0 Å². The lowest BCUT2D eigenvalue weighted by atomic mass is 10.1. The Labute approximate surface area is 107 Å². The Balaban J connectivity index is 2.19. The molecule has 1 heterocycles. The molecule has 0 bridgehead atoms. The van der Waals surface area contributed by atoms with Gasteiger partial charge in [-0.1, -0.05) is 18.2 Å². The highest BCUT2D eigenvalue weighted by molar-refractivity contribution is 5.60. The number of rotatable bonds is 3. The average molecular weight is 237 g/mol. The summed E-state index contributed by atoms with van der Waals surface area (Å²) in [5.41, 5.74) is 4.70. The number of hydrogen-bond acceptors (Lipinski definition) is 3. The maximum atomic E-state index is 9.15. The van der Waals surface area contributed by atoms with Crippen LogP contribution >= 0.6 is 0 Å². The summed E-state index contributed by atoms with van der Waals surface area (Å²) in [7, 11) is 0. The van der Waals surface area contributed by atoms with E-state index in [1.54, 1.807) is 6.20 Å². The van der Waals surface area contributed by atoms with Crippen LogP contribution in [0.4, 0.5) is 5.69 Å². The number of aromatic nitrogens is 1. The first-order valence-corrected chi connectivity index (χ1v) is 5.86. The molecule has 0 fully saturated rings. The van der Waals surface area contributed by atoms with Gasteiger partial charge >= 0.3 is 0 Å². The number of benzene rings is 1. The van der Waals surface area contributed by atoms with Gasteiger partial charge < -0.3 is 5.32 Å². The van der Waals surface area contributed by atoms with E-state index in [1.165, 1.54) is 0 Å². The first-order valence-electron chi connectivity index (χ1n) is 5.86. The van der Waals surface area contributed by atoms with Gasteiger partial charge in [0.05, 0.1) is 23.5 Å². The summed E-state index contributed by atoms with van der Waals surface area (Å²) in [5.74, 6) is 0. The minimum atomic E-state index is 0.630. The number of aryl methyl sites for hydroxylation is 2. The monoisotopic (exact) mass is 237 g/mol. The number of nitrogens with zero attached hydrogens (tertiary/aromatic N) is 2. The van der Waals surface area contributed by atoms with E-state index in [1.807, 2.05) is 44.2 Å². The molecule has 3 heteroatoms. The van der Waals surface area contributed by atoms with Gasteiger partial charge in [0.1, 0.15) is 6.07 Å². The first kappa shape index (κ1) is 12.1. The fourth-order valence-electron chi connectivity index (χ4n) is 1.85. The number of nitriles is 1. The second kappa shape index (κ2) is 5.33. The molecule has 0 radical (unpaired) electrons. The summed E-state index contributed by atoms with van der Waals surface area (Å²) in [6.07, 6.45) is 1.78. The van der Waals surface area contributed by atoms with Crippen molar-refractivity contribution in [3.05, 3.63) is 58.9 Å². The summed E-state index contributed by atoms with van der Waals surface area (Å²) in [6.45, 7) is 4.60. The Morgan fingerprint density at radius 3 is 2.67 bits per heavy atom. The highest BCUT2D eigenvalue weighted by Gasteiger charge is 2.05. The molecule has 2 rings (SSSR count). The topological polar surface area (TPSA) is 48.7 Å². The predicted molar refractivity (Wildman–Crippen MR) is 72.2 cm³/mol. The van der Waals surface area contributed by atoms with Crippen LogP contribution in [0.1, 0.15) is 22.4 Å². The number of hydrogen-bond donors (Lipinski definition) is 1. The predicted octanol–water partition coefficient (Wildman–Crippen LogP) is 3.18. The molecule has 0 saturated carbocycles. The SMILES string of the molecule is Cc1cccnc1CNc1cccc(C)c1C#N. The number of anilines is 1. The van der Waals surface area contributed by atoms with Crippen molar-refractivity contribution >= 4 is 5.69 Å². The average Bonchev–Trinajstić information content (AvgIpc) is 2.38. The Bertz CT molecular complexity index is 597. The van der Waals surface area contributed by atoms with Crippen molar-refractivity contribution in [1.29, 1.82) is 5.26 Å². The zero-order chi connectivity index (χ0) is 13.0. The highest BCUT2D eigenvalue weighted by Crippen LogP contribution is 2.19. The molecule has 0 amide bonds. The van der Waals surface area contributed by atoms with Crippen LogP contribution in [0.2, 0.25) is 0 Å².